The first-order chi connectivity index (χ1) is 8.27. The van der Waals surface area contributed by atoms with Gasteiger partial charge < -0.3 is 10.4 Å². The van der Waals surface area contributed by atoms with E-state index >= 15 is 0 Å². The number of aliphatic hydroxyl groups is 1. The van der Waals surface area contributed by atoms with Crippen LogP contribution < -0.4 is 5.32 Å². The first kappa shape index (κ1) is 12.6. The lowest BCUT2D eigenvalue weighted by atomic mass is 9.79. The molecule has 2 N–H and O–H groups in total. The van der Waals surface area contributed by atoms with E-state index in [1.165, 1.54) is 12.8 Å². The lowest BCUT2D eigenvalue weighted by Gasteiger charge is -2.39. The van der Waals surface area contributed by atoms with Crippen molar-refractivity contribution in [3.05, 3.63) is 35.9 Å². The van der Waals surface area contributed by atoms with Crippen LogP contribution in [0, 0.1) is 0 Å². The Hall–Kier alpha value is -0.860. The van der Waals surface area contributed by atoms with Crippen molar-refractivity contribution in [3.63, 3.8) is 0 Å². The van der Waals surface area contributed by atoms with Crippen LogP contribution in [-0.2, 0) is 5.60 Å². The molecule has 1 saturated heterocycles. The number of piperidine rings is 1. The molecule has 0 bridgehead atoms. The summed E-state index contributed by atoms with van der Waals surface area (Å²) in [7, 11) is 0. The zero-order chi connectivity index (χ0) is 12.1. The van der Waals surface area contributed by atoms with Crippen LogP contribution in [0.25, 0.3) is 0 Å². The van der Waals surface area contributed by atoms with Gasteiger partial charge in [-0.05, 0) is 31.4 Å². The molecule has 2 nitrogen and oxygen atoms in total. The molecule has 0 saturated carbocycles. The van der Waals surface area contributed by atoms with Crippen molar-refractivity contribution in [2.75, 3.05) is 6.54 Å². The maximum atomic E-state index is 11.0. The maximum absolute atomic E-state index is 11.0. The molecule has 17 heavy (non-hydrogen) atoms. The van der Waals surface area contributed by atoms with Crippen LogP contribution in [0.5, 0.6) is 0 Å². The largest absolute Gasteiger partial charge is 0.384 e. The van der Waals surface area contributed by atoms with Crippen molar-refractivity contribution < 1.29 is 5.11 Å². The molecule has 0 aromatic heterocycles. The molecule has 1 aliphatic rings. The van der Waals surface area contributed by atoms with Crippen molar-refractivity contribution in [2.24, 2.45) is 0 Å². The quantitative estimate of drug-likeness (QED) is 0.838. The third-order valence-corrected chi connectivity index (χ3v) is 3.79. The highest BCUT2D eigenvalue weighted by Gasteiger charge is 2.37. The van der Waals surface area contributed by atoms with Gasteiger partial charge in [0.2, 0.25) is 0 Å². The number of rotatable bonds is 4. The maximum Gasteiger partial charge on any atom is 0.105 e. The van der Waals surface area contributed by atoms with Gasteiger partial charge in [0.05, 0.1) is 0 Å². The molecule has 0 radical (unpaired) electrons. The fourth-order valence-electron chi connectivity index (χ4n) is 2.89. The van der Waals surface area contributed by atoms with Crippen molar-refractivity contribution in [3.8, 4) is 0 Å². The van der Waals surface area contributed by atoms with Gasteiger partial charge in [-0.25, -0.2) is 0 Å². The van der Waals surface area contributed by atoms with Gasteiger partial charge in [0.1, 0.15) is 5.60 Å². The third-order valence-electron chi connectivity index (χ3n) is 3.79. The summed E-state index contributed by atoms with van der Waals surface area (Å²) in [6.45, 7) is 3.17. The van der Waals surface area contributed by atoms with E-state index in [9.17, 15) is 5.11 Å². The Kier molecular flexibility index (Phi) is 4.19. The second-order valence-electron chi connectivity index (χ2n) is 5.04. The molecule has 0 spiro atoms. The Bertz CT molecular complexity index is 332. The second kappa shape index (κ2) is 5.65. The molecule has 0 amide bonds. The summed E-state index contributed by atoms with van der Waals surface area (Å²) in [6.07, 6.45) is 5.35. The first-order valence-electron chi connectivity index (χ1n) is 6.78. The molecule has 1 heterocycles. The lowest BCUT2D eigenvalue weighted by molar-refractivity contribution is -0.0207. The minimum absolute atomic E-state index is 0.207. The van der Waals surface area contributed by atoms with E-state index < -0.39 is 5.60 Å². The van der Waals surface area contributed by atoms with Crippen molar-refractivity contribution in [1.82, 2.24) is 5.32 Å². The number of hydrogen-bond acceptors (Lipinski definition) is 2. The number of hydrogen-bond donors (Lipinski definition) is 2. The predicted octanol–water partition coefficient (Wildman–Crippen LogP) is 2.82. The van der Waals surface area contributed by atoms with Gasteiger partial charge in [0.15, 0.2) is 0 Å². The van der Waals surface area contributed by atoms with Gasteiger partial charge in [0, 0.05) is 6.04 Å². The normalized spacial score (nSPS) is 24.2. The van der Waals surface area contributed by atoms with Gasteiger partial charge in [-0.1, -0.05) is 50.1 Å². The first-order valence-corrected chi connectivity index (χ1v) is 6.78. The fraction of sp³-hybridized carbons (Fsp3) is 0.600. The predicted molar refractivity (Wildman–Crippen MR) is 70.9 cm³/mol. The summed E-state index contributed by atoms with van der Waals surface area (Å²) in [6, 6.07) is 10.3. The number of nitrogens with one attached hydrogen (secondary N) is 1. The highest BCUT2D eigenvalue weighted by molar-refractivity contribution is 5.24. The van der Waals surface area contributed by atoms with E-state index in [4.69, 9.17) is 0 Å². The summed E-state index contributed by atoms with van der Waals surface area (Å²) in [5.41, 5.74) is 0.359. The van der Waals surface area contributed by atoms with E-state index in [1.54, 1.807) is 0 Å². The van der Waals surface area contributed by atoms with Gasteiger partial charge >= 0.3 is 0 Å². The summed E-state index contributed by atoms with van der Waals surface area (Å²) in [4.78, 5) is 0. The SMILES string of the molecule is CCCC(O)(c1ccccc1)C1CCCCN1. The Morgan fingerprint density at radius 1 is 1.29 bits per heavy atom. The van der Waals surface area contributed by atoms with Crippen LogP contribution in [0.1, 0.15) is 44.6 Å². The molecule has 1 aromatic rings. The van der Waals surface area contributed by atoms with Gasteiger partial charge in [0.25, 0.3) is 0 Å². The molecular weight excluding hydrogens is 210 g/mol. The Labute approximate surface area is 104 Å². The van der Waals surface area contributed by atoms with E-state index in [0.717, 1.165) is 31.4 Å². The summed E-state index contributed by atoms with van der Waals surface area (Å²) in [5.74, 6) is 0. The van der Waals surface area contributed by atoms with Crippen LogP contribution in [0.2, 0.25) is 0 Å². The van der Waals surface area contributed by atoms with Crippen LogP contribution in [0.4, 0.5) is 0 Å². The van der Waals surface area contributed by atoms with Crippen LogP contribution in [0.3, 0.4) is 0 Å². The van der Waals surface area contributed by atoms with Crippen molar-refractivity contribution in [2.45, 2.75) is 50.7 Å². The summed E-state index contributed by atoms with van der Waals surface area (Å²) < 4.78 is 0. The van der Waals surface area contributed by atoms with E-state index in [1.807, 2.05) is 30.3 Å². The van der Waals surface area contributed by atoms with Crippen LogP contribution >= 0.6 is 0 Å². The topological polar surface area (TPSA) is 32.3 Å². The summed E-state index contributed by atoms with van der Waals surface area (Å²) >= 11 is 0. The van der Waals surface area contributed by atoms with E-state index in [2.05, 4.69) is 12.2 Å². The number of benzene rings is 1. The monoisotopic (exact) mass is 233 g/mol. The zero-order valence-electron chi connectivity index (χ0n) is 10.7. The van der Waals surface area contributed by atoms with E-state index in [-0.39, 0.29) is 6.04 Å². The molecule has 1 aliphatic heterocycles. The van der Waals surface area contributed by atoms with Gasteiger partial charge in [-0.3, -0.25) is 0 Å². The summed E-state index contributed by atoms with van der Waals surface area (Å²) in [5, 5.41) is 14.5. The molecule has 2 unspecified atom stereocenters. The third kappa shape index (κ3) is 2.70. The Morgan fingerprint density at radius 2 is 2.06 bits per heavy atom. The standard InChI is InChI=1S/C15H23NO/c1-2-11-15(17,13-8-4-3-5-9-13)14-10-6-7-12-16-14/h3-5,8-9,14,16-17H,2,6-7,10-12H2,1H3. The van der Waals surface area contributed by atoms with Crippen LogP contribution in [0.15, 0.2) is 30.3 Å². The highest BCUT2D eigenvalue weighted by atomic mass is 16.3. The molecule has 94 valence electrons. The zero-order valence-corrected chi connectivity index (χ0v) is 10.7. The smallest absolute Gasteiger partial charge is 0.105 e. The molecule has 1 fully saturated rings. The Balaban J connectivity index is 2.24. The Morgan fingerprint density at radius 3 is 2.65 bits per heavy atom. The second-order valence-corrected chi connectivity index (χ2v) is 5.04. The minimum atomic E-state index is -0.698. The minimum Gasteiger partial charge on any atom is -0.384 e. The molecule has 0 aliphatic carbocycles. The highest BCUT2D eigenvalue weighted by Crippen LogP contribution is 2.33. The van der Waals surface area contributed by atoms with Crippen molar-refractivity contribution >= 4 is 0 Å². The molecular formula is C15H23NO. The van der Waals surface area contributed by atoms with Crippen molar-refractivity contribution in [1.29, 1.82) is 0 Å². The van der Waals surface area contributed by atoms with Gasteiger partial charge in [-0.15, -0.1) is 0 Å². The molecule has 1 aromatic carbocycles. The van der Waals surface area contributed by atoms with Gasteiger partial charge in [-0.2, -0.15) is 0 Å². The average Bonchev–Trinajstić information content (AvgIpc) is 2.41. The molecule has 2 atom stereocenters. The lowest BCUT2D eigenvalue weighted by Crippen LogP contribution is -2.50. The molecule has 2 heteroatoms. The van der Waals surface area contributed by atoms with E-state index in [0.29, 0.717) is 0 Å². The average molecular weight is 233 g/mol. The fourth-order valence-corrected chi connectivity index (χ4v) is 2.89. The van der Waals surface area contributed by atoms with Crippen LogP contribution in [-0.4, -0.2) is 17.7 Å². The molecule has 2 rings (SSSR count).